The maximum Gasteiger partial charge on any atom is 0.262 e. The Morgan fingerprint density at radius 1 is 0.641 bits per heavy atom. The Bertz CT molecular complexity index is 1760. The van der Waals surface area contributed by atoms with Gasteiger partial charge in [-0.25, -0.2) is 9.97 Å². The quantitative estimate of drug-likeness (QED) is 0.209. The van der Waals surface area contributed by atoms with Gasteiger partial charge in [-0.1, -0.05) is 62.4 Å². The van der Waals surface area contributed by atoms with Crippen LogP contribution < -0.4 is 11.1 Å². The predicted octanol–water partition coefficient (Wildman–Crippen LogP) is 6.78. The molecule has 0 unspecified atom stereocenters. The normalized spacial score (nSPS) is 11.5. The minimum Gasteiger partial charge on any atom is -0.299 e. The number of aromatic nitrogens is 4. The molecule has 0 radical (unpaired) electrons. The van der Waals surface area contributed by atoms with E-state index in [2.05, 4.69) is 72.3 Å². The van der Waals surface area contributed by atoms with Crippen molar-refractivity contribution in [1.82, 2.24) is 19.1 Å². The van der Waals surface area contributed by atoms with E-state index in [1.165, 1.54) is 33.8 Å². The molecule has 0 saturated heterocycles. The first-order valence-electron chi connectivity index (χ1n) is 13.2. The maximum atomic E-state index is 13.5. The Morgan fingerprint density at radius 3 is 1.44 bits per heavy atom. The Labute approximate surface area is 233 Å². The third kappa shape index (κ3) is 4.75. The second-order valence-corrected chi connectivity index (χ2v) is 11.3. The van der Waals surface area contributed by atoms with Crippen LogP contribution in [0.1, 0.15) is 31.4 Å². The van der Waals surface area contributed by atoms with E-state index in [0.29, 0.717) is 30.3 Å². The standard InChI is InChI=1S/C31H28N4O2S2/c1-3-20-6-10-22(11-7-20)24-16-38-28-26(24)30(36)34(18-32-28)14-5-15-35-19-33-29-27(31(35)37)25(17-39-29)23-12-8-21(4-2)9-13-23/h6-13,16-19H,3-5,14-15H2,1-2H3. The number of aryl methyl sites for hydroxylation is 4. The number of thiophene rings is 2. The van der Waals surface area contributed by atoms with Crippen LogP contribution in [0.2, 0.25) is 0 Å². The summed E-state index contributed by atoms with van der Waals surface area (Å²) in [5.74, 6) is 0. The van der Waals surface area contributed by atoms with Crippen LogP contribution in [0.4, 0.5) is 0 Å². The zero-order chi connectivity index (χ0) is 26.9. The fourth-order valence-corrected chi connectivity index (χ4v) is 6.74. The molecule has 2 aromatic carbocycles. The van der Waals surface area contributed by atoms with Gasteiger partial charge in [-0.15, -0.1) is 22.7 Å². The number of rotatable bonds is 8. The van der Waals surface area contributed by atoms with Crippen LogP contribution in [-0.4, -0.2) is 19.1 Å². The van der Waals surface area contributed by atoms with Gasteiger partial charge in [0.05, 0.1) is 23.4 Å². The number of benzene rings is 2. The van der Waals surface area contributed by atoms with Crippen molar-refractivity contribution >= 4 is 43.1 Å². The van der Waals surface area contributed by atoms with E-state index in [4.69, 9.17) is 0 Å². The average Bonchev–Trinajstić information content (AvgIpc) is 3.61. The molecule has 0 aliphatic heterocycles. The summed E-state index contributed by atoms with van der Waals surface area (Å²) >= 11 is 2.98. The summed E-state index contributed by atoms with van der Waals surface area (Å²) in [6, 6.07) is 16.7. The smallest absolute Gasteiger partial charge is 0.262 e. The van der Waals surface area contributed by atoms with E-state index in [1.54, 1.807) is 21.8 Å². The lowest BCUT2D eigenvalue weighted by atomic mass is 10.0. The molecular weight excluding hydrogens is 525 g/mol. The van der Waals surface area contributed by atoms with E-state index >= 15 is 0 Å². The van der Waals surface area contributed by atoms with Gasteiger partial charge in [-0.2, -0.15) is 0 Å². The Kier molecular flexibility index (Phi) is 6.97. The van der Waals surface area contributed by atoms with Gasteiger partial charge in [0.1, 0.15) is 9.66 Å². The molecule has 6 nitrogen and oxygen atoms in total. The van der Waals surface area contributed by atoms with Crippen LogP contribution in [0.3, 0.4) is 0 Å². The van der Waals surface area contributed by atoms with Crippen molar-refractivity contribution in [2.45, 2.75) is 46.2 Å². The summed E-state index contributed by atoms with van der Waals surface area (Å²) in [4.78, 5) is 37.5. The van der Waals surface area contributed by atoms with Crippen molar-refractivity contribution in [2.75, 3.05) is 0 Å². The maximum absolute atomic E-state index is 13.5. The van der Waals surface area contributed by atoms with Crippen LogP contribution in [0.25, 0.3) is 42.7 Å². The van der Waals surface area contributed by atoms with E-state index in [1.807, 2.05) is 10.8 Å². The summed E-state index contributed by atoms with van der Waals surface area (Å²) < 4.78 is 3.31. The highest BCUT2D eigenvalue weighted by molar-refractivity contribution is 7.17. The molecule has 4 heterocycles. The van der Waals surface area contributed by atoms with Gasteiger partial charge in [0.15, 0.2) is 0 Å². The van der Waals surface area contributed by atoms with E-state index < -0.39 is 0 Å². The summed E-state index contributed by atoms with van der Waals surface area (Å²) in [5, 5.41) is 5.34. The van der Waals surface area contributed by atoms with Crippen LogP contribution in [-0.2, 0) is 25.9 Å². The second kappa shape index (κ2) is 10.7. The second-order valence-electron chi connectivity index (χ2n) is 9.60. The van der Waals surface area contributed by atoms with Crippen LogP contribution >= 0.6 is 22.7 Å². The summed E-state index contributed by atoms with van der Waals surface area (Å²) in [6.07, 6.45) is 5.79. The number of hydrogen-bond acceptors (Lipinski definition) is 6. The Morgan fingerprint density at radius 2 is 1.05 bits per heavy atom. The number of nitrogens with zero attached hydrogens (tertiary/aromatic N) is 4. The van der Waals surface area contributed by atoms with Crippen molar-refractivity contribution in [3.8, 4) is 22.3 Å². The molecule has 0 atom stereocenters. The molecule has 8 heteroatoms. The van der Waals surface area contributed by atoms with Gasteiger partial charge in [0, 0.05) is 35.0 Å². The first-order chi connectivity index (χ1) is 19.1. The van der Waals surface area contributed by atoms with Gasteiger partial charge < -0.3 is 0 Å². The van der Waals surface area contributed by atoms with Crippen molar-refractivity contribution in [1.29, 1.82) is 0 Å². The first kappa shape index (κ1) is 25.4. The Balaban J connectivity index is 1.25. The van der Waals surface area contributed by atoms with Crippen molar-refractivity contribution in [3.05, 3.63) is 104 Å². The van der Waals surface area contributed by atoms with Crippen LogP contribution in [0, 0.1) is 0 Å². The van der Waals surface area contributed by atoms with Gasteiger partial charge in [0.2, 0.25) is 0 Å². The molecule has 39 heavy (non-hydrogen) atoms. The first-order valence-corrected chi connectivity index (χ1v) is 14.9. The molecule has 6 rings (SSSR count). The molecule has 0 saturated carbocycles. The SMILES string of the molecule is CCc1ccc(-c2csc3ncn(CCCn4cnc5scc(-c6ccc(CC)cc6)c5c4=O)c(=O)c23)cc1. The van der Waals surface area contributed by atoms with E-state index in [0.717, 1.165) is 44.8 Å². The topological polar surface area (TPSA) is 69.8 Å². The average molecular weight is 553 g/mol. The lowest BCUT2D eigenvalue weighted by Crippen LogP contribution is -2.24. The third-order valence-corrected chi connectivity index (χ3v) is 9.04. The summed E-state index contributed by atoms with van der Waals surface area (Å²) in [7, 11) is 0. The highest BCUT2D eigenvalue weighted by Gasteiger charge is 2.15. The molecular formula is C31H28N4O2S2. The molecule has 0 bridgehead atoms. The van der Waals surface area contributed by atoms with Gasteiger partial charge in [-0.05, 0) is 41.5 Å². The van der Waals surface area contributed by atoms with Gasteiger partial charge in [-0.3, -0.25) is 18.7 Å². The van der Waals surface area contributed by atoms with Crippen molar-refractivity contribution in [3.63, 3.8) is 0 Å². The molecule has 0 N–H and O–H groups in total. The molecule has 0 amide bonds. The monoisotopic (exact) mass is 552 g/mol. The highest BCUT2D eigenvalue weighted by Crippen LogP contribution is 2.32. The molecule has 0 spiro atoms. The minimum absolute atomic E-state index is 0.0487. The number of fused-ring (bicyclic) bond motifs is 2. The van der Waals surface area contributed by atoms with Gasteiger partial charge in [0.25, 0.3) is 11.1 Å². The number of hydrogen-bond donors (Lipinski definition) is 0. The Hall–Kier alpha value is -3.88. The van der Waals surface area contributed by atoms with E-state index in [-0.39, 0.29) is 11.1 Å². The molecule has 196 valence electrons. The fraction of sp³-hybridized carbons (Fsp3) is 0.226. The molecule has 0 fully saturated rings. The van der Waals surface area contributed by atoms with Crippen molar-refractivity contribution in [2.24, 2.45) is 0 Å². The minimum atomic E-state index is -0.0487. The highest BCUT2D eigenvalue weighted by atomic mass is 32.1. The van der Waals surface area contributed by atoms with Gasteiger partial charge >= 0.3 is 0 Å². The fourth-order valence-electron chi connectivity index (χ4n) is 4.93. The van der Waals surface area contributed by atoms with Crippen molar-refractivity contribution < 1.29 is 0 Å². The largest absolute Gasteiger partial charge is 0.299 e. The lowest BCUT2D eigenvalue weighted by Gasteiger charge is -2.09. The van der Waals surface area contributed by atoms with E-state index in [9.17, 15) is 9.59 Å². The lowest BCUT2D eigenvalue weighted by molar-refractivity contribution is 0.539. The van der Waals surface area contributed by atoms with Crippen LogP contribution in [0.5, 0.6) is 0 Å². The summed E-state index contributed by atoms with van der Waals surface area (Å²) in [6.45, 7) is 5.19. The summed E-state index contributed by atoms with van der Waals surface area (Å²) in [5.41, 5.74) is 6.33. The zero-order valence-corrected chi connectivity index (χ0v) is 23.5. The molecule has 0 aliphatic rings. The molecule has 0 aliphatic carbocycles. The van der Waals surface area contributed by atoms with Crippen LogP contribution in [0.15, 0.2) is 81.5 Å². The zero-order valence-electron chi connectivity index (χ0n) is 21.9. The molecule has 6 aromatic rings. The third-order valence-electron chi connectivity index (χ3n) is 7.27. The molecule has 4 aromatic heterocycles. The predicted molar refractivity (Wildman–Crippen MR) is 162 cm³/mol.